The second-order valence-electron chi connectivity index (χ2n) is 5.34. The third-order valence-electron chi connectivity index (χ3n) is 4.55. The number of nitrogens with one attached hydrogen (secondary N) is 1. The summed E-state index contributed by atoms with van der Waals surface area (Å²) < 4.78 is 0. The monoisotopic (exact) mass is 251 g/mol. The maximum Gasteiger partial charge on any atom is 0.0795 e. The molecule has 0 bridgehead atoms. The average molecular weight is 251 g/mol. The summed E-state index contributed by atoms with van der Waals surface area (Å²) in [5.41, 5.74) is 3.20. The van der Waals surface area contributed by atoms with E-state index in [1.54, 1.807) is 11.3 Å². The van der Waals surface area contributed by atoms with Gasteiger partial charge in [0.25, 0.3) is 0 Å². The van der Waals surface area contributed by atoms with E-state index in [1.807, 2.05) is 5.51 Å². The molecule has 94 valence electrons. The van der Waals surface area contributed by atoms with Gasteiger partial charge < -0.3 is 5.32 Å². The predicted molar refractivity (Wildman–Crippen MR) is 71.2 cm³/mol. The maximum absolute atomic E-state index is 4.48. The van der Waals surface area contributed by atoms with Gasteiger partial charge in [0.1, 0.15) is 0 Å². The molecule has 0 radical (unpaired) electrons. The molecule has 2 fully saturated rings. The van der Waals surface area contributed by atoms with E-state index in [0.717, 1.165) is 17.9 Å². The third-order valence-corrected chi connectivity index (χ3v) is 5.16. The zero-order valence-electron chi connectivity index (χ0n) is 10.6. The number of hydrogen-bond acceptors (Lipinski definition) is 4. The Balaban J connectivity index is 1.79. The minimum Gasteiger partial charge on any atom is -0.316 e. The van der Waals surface area contributed by atoms with Crippen LogP contribution in [-0.4, -0.2) is 35.6 Å². The minimum atomic E-state index is 0.483. The summed E-state index contributed by atoms with van der Waals surface area (Å²) in [6.45, 7) is 8.30. The summed E-state index contributed by atoms with van der Waals surface area (Å²) in [4.78, 5) is 7.17. The van der Waals surface area contributed by atoms with Gasteiger partial charge in [-0.15, -0.1) is 11.3 Å². The Morgan fingerprint density at radius 1 is 1.59 bits per heavy atom. The van der Waals surface area contributed by atoms with E-state index in [2.05, 4.69) is 34.4 Å². The van der Waals surface area contributed by atoms with Crippen molar-refractivity contribution < 1.29 is 0 Å². The first-order valence-electron chi connectivity index (χ1n) is 6.65. The lowest BCUT2D eigenvalue weighted by Crippen LogP contribution is -2.37. The minimum absolute atomic E-state index is 0.483. The molecule has 0 amide bonds. The van der Waals surface area contributed by atoms with Crippen molar-refractivity contribution in [3.63, 3.8) is 0 Å². The van der Waals surface area contributed by atoms with Crippen molar-refractivity contribution in [2.24, 2.45) is 11.8 Å². The molecule has 3 nitrogen and oxygen atoms in total. The van der Waals surface area contributed by atoms with Gasteiger partial charge in [-0.05, 0) is 38.3 Å². The third kappa shape index (κ3) is 1.92. The van der Waals surface area contributed by atoms with Crippen LogP contribution in [0.1, 0.15) is 32.0 Å². The predicted octanol–water partition coefficient (Wildman–Crippen LogP) is 2.13. The summed E-state index contributed by atoms with van der Waals surface area (Å²) in [5.74, 6) is 1.72. The van der Waals surface area contributed by atoms with Crippen LogP contribution in [-0.2, 0) is 0 Å². The Morgan fingerprint density at radius 2 is 2.47 bits per heavy atom. The molecular weight excluding hydrogens is 230 g/mol. The number of rotatable bonds is 3. The van der Waals surface area contributed by atoms with Crippen LogP contribution in [0.3, 0.4) is 0 Å². The first kappa shape index (κ1) is 11.6. The first-order valence-corrected chi connectivity index (χ1v) is 7.60. The molecule has 4 atom stereocenters. The van der Waals surface area contributed by atoms with Crippen LogP contribution in [0.5, 0.6) is 0 Å². The second kappa shape index (κ2) is 4.67. The van der Waals surface area contributed by atoms with Crippen LogP contribution in [0.15, 0.2) is 10.9 Å². The highest BCUT2D eigenvalue weighted by Gasteiger charge is 2.44. The summed E-state index contributed by atoms with van der Waals surface area (Å²) in [5, 5.41) is 5.74. The Hall–Kier alpha value is -0.450. The van der Waals surface area contributed by atoms with Crippen LogP contribution < -0.4 is 5.32 Å². The van der Waals surface area contributed by atoms with E-state index in [9.17, 15) is 0 Å². The molecule has 0 aromatic carbocycles. The van der Waals surface area contributed by atoms with Gasteiger partial charge in [0.2, 0.25) is 0 Å². The lowest BCUT2D eigenvalue weighted by molar-refractivity contribution is 0.163. The fraction of sp³-hybridized carbons (Fsp3) is 0.769. The second-order valence-corrected chi connectivity index (χ2v) is 6.06. The van der Waals surface area contributed by atoms with Gasteiger partial charge in [0, 0.05) is 18.0 Å². The highest BCUT2D eigenvalue weighted by molar-refractivity contribution is 7.07. The number of thiazole rings is 1. The van der Waals surface area contributed by atoms with E-state index in [0.29, 0.717) is 6.04 Å². The highest BCUT2D eigenvalue weighted by Crippen LogP contribution is 2.39. The molecule has 0 aliphatic carbocycles. The summed E-state index contributed by atoms with van der Waals surface area (Å²) in [6.07, 6.45) is 1.26. The number of fused-ring (bicyclic) bond motifs is 1. The van der Waals surface area contributed by atoms with Crippen molar-refractivity contribution in [1.82, 2.24) is 15.2 Å². The Morgan fingerprint density at radius 3 is 3.18 bits per heavy atom. The molecule has 1 aromatic heterocycles. The molecule has 0 spiro atoms. The largest absolute Gasteiger partial charge is 0.316 e. The van der Waals surface area contributed by atoms with Gasteiger partial charge >= 0.3 is 0 Å². The highest BCUT2D eigenvalue weighted by atomic mass is 32.1. The first-order chi connectivity index (χ1) is 8.31. The standard InChI is InChI=1S/C13H21N3S/c1-3-13-11-5-14-4-10(11)6-16(13)9(2)12-7-17-8-15-12/h7-11,13-14H,3-6H2,1-2H3. The van der Waals surface area contributed by atoms with E-state index >= 15 is 0 Å². The van der Waals surface area contributed by atoms with Crippen LogP contribution in [0.4, 0.5) is 0 Å². The van der Waals surface area contributed by atoms with Gasteiger partial charge in [-0.25, -0.2) is 4.98 Å². The number of nitrogens with zero attached hydrogens (tertiary/aromatic N) is 2. The number of aromatic nitrogens is 1. The normalized spacial score (nSPS) is 35.1. The molecule has 1 N–H and O–H groups in total. The lowest BCUT2D eigenvalue weighted by atomic mass is 9.92. The van der Waals surface area contributed by atoms with Crippen molar-refractivity contribution in [2.45, 2.75) is 32.4 Å². The zero-order valence-corrected chi connectivity index (χ0v) is 11.4. The average Bonchev–Trinajstić information content (AvgIpc) is 3.03. The molecule has 17 heavy (non-hydrogen) atoms. The Labute approximate surface area is 107 Å². The lowest BCUT2D eigenvalue weighted by Gasteiger charge is -2.31. The van der Waals surface area contributed by atoms with Crippen molar-refractivity contribution in [1.29, 1.82) is 0 Å². The van der Waals surface area contributed by atoms with Crippen LogP contribution in [0.2, 0.25) is 0 Å². The van der Waals surface area contributed by atoms with Crippen LogP contribution in [0, 0.1) is 11.8 Å². The zero-order chi connectivity index (χ0) is 11.8. The topological polar surface area (TPSA) is 28.2 Å². The van der Waals surface area contributed by atoms with E-state index in [-0.39, 0.29) is 0 Å². The van der Waals surface area contributed by atoms with Crippen molar-refractivity contribution in [3.8, 4) is 0 Å². The summed E-state index contributed by atoms with van der Waals surface area (Å²) in [6, 6.07) is 1.23. The smallest absolute Gasteiger partial charge is 0.0795 e. The van der Waals surface area contributed by atoms with Crippen molar-refractivity contribution >= 4 is 11.3 Å². The molecule has 3 heterocycles. The van der Waals surface area contributed by atoms with Crippen molar-refractivity contribution in [2.75, 3.05) is 19.6 Å². The fourth-order valence-corrected chi connectivity index (χ4v) is 4.28. The van der Waals surface area contributed by atoms with Gasteiger partial charge in [0.15, 0.2) is 0 Å². The van der Waals surface area contributed by atoms with Gasteiger partial charge in [-0.3, -0.25) is 4.90 Å². The van der Waals surface area contributed by atoms with Gasteiger partial charge in [0.05, 0.1) is 17.2 Å². The molecule has 3 rings (SSSR count). The Bertz CT molecular complexity index is 365. The van der Waals surface area contributed by atoms with Gasteiger partial charge in [-0.1, -0.05) is 6.92 Å². The fourth-order valence-electron chi connectivity index (χ4n) is 3.64. The molecule has 2 aliphatic heterocycles. The van der Waals surface area contributed by atoms with Crippen LogP contribution in [0.25, 0.3) is 0 Å². The quantitative estimate of drug-likeness (QED) is 0.892. The van der Waals surface area contributed by atoms with Crippen molar-refractivity contribution in [3.05, 3.63) is 16.6 Å². The molecule has 2 aliphatic rings. The molecule has 1 aromatic rings. The van der Waals surface area contributed by atoms with E-state index in [1.165, 1.54) is 31.7 Å². The molecule has 4 heteroatoms. The number of likely N-dealkylation sites (tertiary alicyclic amines) is 1. The van der Waals surface area contributed by atoms with E-state index < -0.39 is 0 Å². The summed E-state index contributed by atoms with van der Waals surface area (Å²) >= 11 is 1.71. The summed E-state index contributed by atoms with van der Waals surface area (Å²) in [7, 11) is 0. The maximum atomic E-state index is 4.48. The van der Waals surface area contributed by atoms with Crippen LogP contribution >= 0.6 is 11.3 Å². The number of hydrogen-bond donors (Lipinski definition) is 1. The molecular formula is C13H21N3S. The van der Waals surface area contributed by atoms with Gasteiger partial charge in [-0.2, -0.15) is 0 Å². The molecule has 2 saturated heterocycles. The Kier molecular flexibility index (Phi) is 3.19. The van der Waals surface area contributed by atoms with E-state index in [4.69, 9.17) is 0 Å². The molecule has 0 saturated carbocycles. The SMILES string of the molecule is CCC1C2CNCC2CN1C(C)c1cscn1. The molecule has 4 unspecified atom stereocenters.